The highest BCUT2D eigenvalue weighted by Gasteiger charge is 2.08. The first-order chi connectivity index (χ1) is 13.1. The molecule has 0 aromatic heterocycles. The van der Waals surface area contributed by atoms with Crippen molar-refractivity contribution in [1.82, 2.24) is 4.90 Å². The quantitative estimate of drug-likeness (QED) is 0.453. The standard InChI is InChI=1S/C21H22ClF2NO2/c22-18-14-17(26-12-4-11-25-9-2-1-3-10-25)6-8-21(18)27-15-16-5-7-19(23)20(24)13-16/h1-2,5-8,13-14H,3-4,9-12,15H2. The van der Waals surface area contributed by atoms with Gasteiger partial charge >= 0.3 is 0 Å². The molecule has 0 amide bonds. The second-order valence-electron chi connectivity index (χ2n) is 6.39. The lowest BCUT2D eigenvalue weighted by molar-refractivity contribution is 0.246. The first kappa shape index (κ1) is 19.6. The molecule has 0 atom stereocenters. The van der Waals surface area contributed by atoms with Crippen molar-refractivity contribution in [3.05, 3.63) is 70.8 Å². The van der Waals surface area contributed by atoms with Crippen LogP contribution in [-0.2, 0) is 6.61 Å². The van der Waals surface area contributed by atoms with Crippen LogP contribution in [0.25, 0.3) is 0 Å². The lowest BCUT2D eigenvalue weighted by Gasteiger charge is -2.22. The van der Waals surface area contributed by atoms with Crippen molar-refractivity contribution in [2.45, 2.75) is 19.4 Å². The molecule has 6 heteroatoms. The Hall–Kier alpha value is -2.11. The minimum Gasteiger partial charge on any atom is -0.493 e. The number of halogens is 3. The molecule has 27 heavy (non-hydrogen) atoms. The van der Waals surface area contributed by atoms with Gasteiger partial charge in [0.25, 0.3) is 0 Å². The van der Waals surface area contributed by atoms with Crippen LogP contribution in [0.5, 0.6) is 11.5 Å². The zero-order chi connectivity index (χ0) is 19.1. The summed E-state index contributed by atoms with van der Waals surface area (Å²) in [6.07, 6.45) is 6.47. The van der Waals surface area contributed by atoms with Gasteiger partial charge in [-0.25, -0.2) is 8.78 Å². The van der Waals surface area contributed by atoms with Gasteiger partial charge in [-0.05, 0) is 42.7 Å². The van der Waals surface area contributed by atoms with E-state index in [1.165, 1.54) is 6.07 Å². The summed E-state index contributed by atoms with van der Waals surface area (Å²) in [4.78, 5) is 2.39. The maximum absolute atomic E-state index is 13.2. The first-order valence-corrected chi connectivity index (χ1v) is 9.36. The van der Waals surface area contributed by atoms with E-state index < -0.39 is 11.6 Å². The van der Waals surface area contributed by atoms with Crippen molar-refractivity contribution in [2.24, 2.45) is 0 Å². The van der Waals surface area contributed by atoms with Crippen LogP contribution >= 0.6 is 11.6 Å². The smallest absolute Gasteiger partial charge is 0.159 e. The highest BCUT2D eigenvalue weighted by Crippen LogP contribution is 2.29. The van der Waals surface area contributed by atoms with Crippen molar-refractivity contribution < 1.29 is 18.3 Å². The van der Waals surface area contributed by atoms with Gasteiger partial charge in [0.2, 0.25) is 0 Å². The molecule has 0 fully saturated rings. The molecule has 1 aliphatic rings. The molecule has 1 aliphatic heterocycles. The topological polar surface area (TPSA) is 21.7 Å². The number of rotatable bonds is 8. The maximum Gasteiger partial charge on any atom is 0.159 e. The number of hydrogen-bond acceptors (Lipinski definition) is 3. The zero-order valence-electron chi connectivity index (χ0n) is 15.0. The molecule has 2 aromatic rings. The van der Waals surface area contributed by atoms with Crippen LogP contribution in [0.1, 0.15) is 18.4 Å². The summed E-state index contributed by atoms with van der Waals surface area (Å²) < 4.78 is 37.5. The summed E-state index contributed by atoms with van der Waals surface area (Å²) in [5.74, 6) is -0.630. The van der Waals surface area contributed by atoms with Gasteiger partial charge in [-0.3, -0.25) is 4.90 Å². The lowest BCUT2D eigenvalue weighted by atomic mass is 10.2. The van der Waals surface area contributed by atoms with Crippen molar-refractivity contribution in [3.8, 4) is 11.5 Å². The summed E-state index contributed by atoms with van der Waals surface area (Å²) in [7, 11) is 0. The van der Waals surface area contributed by atoms with Gasteiger partial charge in [-0.15, -0.1) is 0 Å². The Morgan fingerprint density at radius 2 is 1.89 bits per heavy atom. The summed E-state index contributed by atoms with van der Waals surface area (Å²) in [6, 6.07) is 8.86. The number of nitrogens with zero attached hydrogens (tertiary/aromatic N) is 1. The molecule has 0 saturated carbocycles. The molecule has 1 heterocycles. The highest BCUT2D eigenvalue weighted by molar-refractivity contribution is 6.32. The molecule has 0 aliphatic carbocycles. The van der Waals surface area contributed by atoms with E-state index >= 15 is 0 Å². The fourth-order valence-corrected chi connectivity index (χ4v) is 3.08. The SMILES string of the molecule is Fc1ccc(COc2ccc(OCCCN3CC=CCC3)cc2Cl)cc1F. The van der Waals surface area contributed by atoms with Crippen LogP contribution in [0.15, 0.2) is 48.6 Å². The van der Waals surface area contributed by atoms with Gasteiger partial charge in [0.05, 0.1) is 11.6 Å². The van der Waals surface area contributed by atoms with E-state index in [1.54, 1.807) is 18.2 Å². The second kappa shape index (κ2) is 9.72. The molecule has 144 valence electrons. The molecule has 0 N–H and O–H groups in total. The minimum absolute atomic E-state index is 0.0986. The third kappa shape index (κ3) is 5.94. The number of ether oxygens (including phenoxy) is 2. The van der Waals surface area contributed by atoms with Crippen LogP contribution in [0, 0.1) is 11.6 Å². The predicted octanol–water partition coefficient (Wildman–Crippen LogP) is 5.23. The third-order valence-corrected chi connectivity index (χ3v) is 4.61. The van der Waals surface area contributed by atoms with E-state index in [9.17, 15) is 8.78 Å². The molecular formula is C21H22ClF2NO2. The minimum atomic E-state index is -0.897. The van der Waals surface area contributed by atoms with Gasteiger partial charge in [0.15, 0.2) is 11.6 Å². The summed E-state index contributed by atoms with van der Waals surface area (Å²) in [6.45, 7) is 3.84. The third-order valence-electron chi connectivity index (χ3n) is 4.31. The van der Waals surface area contributed by atoms with Gasteiger partial charge in [-0.2, -0.15) is 0 Å². The molecule has 3 rings (SSSR count). The summed E-state index contributed by atoms with van der Waals surface area (Å²) in [5, 5.41) is 0.413. The molecular weight excluding hydrogens is 372 g/mol. The largest absolute Gasteiger partial charge is 0.493 e. The fraction of sp³-hybridized carbons (Fsp3) is 0.333. The predicted molar refractivity (Wildman–Crippen MR) is 102 cm³/mol. The van der Waals surface area contributed by atoms with Crippen LogP contribution in [0.3, 0.4) is 0 Å². The van der Waals surface area contributed by atoms with Crippen LogP contribution in [0.2, 0.25) is 5.02 Å². The Balaban J connectivity index is 1.45. The Kier molecular flexibility index (Phi) is 7.07. The number of hydrogen-bond donors (Lipinski definition) is 0. The second-order valence-corrected chi connectivity index (χ2v) is 6.80. The van der Waals surface area contributed by atoms with Crippen LogP contribution in [0.4, 0.5) is 8.78 Å². The highest BCUT2D eigenvalue weighted by atomic mass is 35.5. The van der Waals surface area contributed by atoms with Crippen molar-refractivity contribution in [3.63, 3.8) is 0 Å². The average molecular weight is 394 g/mol. The molecule has 0 radical (unpaired) electrons. The van der Waals surface area contributed by atoms with Crippen LogP contribution in [-0.4, -0.2) is 31.1 Å². The van der Waals surface area contributed by atoms with Gasteiger partial charge in [0, 0.05) is 25.7 Å². The van der Waals surface area contributed by atoms with E-state index in [2.05, 4.69) is 17.1 Å². The van der Waals surface area contributed by atoms with E-state index in [0.29, 0.717) is 28.7 Å². The monoisotopic (exact) mass is 393 g/mol. The zero-order valence-corrected chi connectivity index (χ0v) is 15.7. The van der Waals surface area contributed by atoms with Gasteiger partial charge in [-0.1, -0.05) is 29.8 Å². The van der Waals surface area contributed by atoms with Gasteiger partial charge < -0.3 is 9.47 Å². The fourth-order valence-electron chi connectivity index (χ4n) is 2.85. The van der Waals surface area contributed by atoms with E-state index in [4.69, 9.17) is 21.1 Å². The molecule has 0 spiro atoms. The Labute approximate surface area is 163 Å². The summed E-state index contributed by atoms with van der Waals surface area (Å²) in [5.41, 5.74) is 0.526. The average Bonchev–Trinajstić information content (AvgIpc) is 2.68. The van der Waals surface area contributed by atoms with Gasteiger partial charge in [0.1, 0.15) is 18.1 Å². The normalized spacial score (nSPS) is 14.3. The van der Waals surface area contributed by atoms with E-state index in [-0.39, 0.29) is 6.61 Å². The van der Waals surface area contributed by atoms with E-state index in [1.807, 2.05) is 0 Å². The number of benzene rings is 2. The molecule has 2 aromatic carbocycles. The maximum atomic E-state index is 13.2. The molecule has 3 nitrogen and oxygen atoms in total. The summed E-state index contributed by atoms with van der Waals surface area (Å²) >= 11 is 6.23. The van der Waals surface area contributed by atoms with Crippen molar-refractivity contribution in [2.75, 3.05) is 26.2 Å². The Bertz CT molecular complexity index is 798. The molecule has 0 bridgehead atoms. The molecule has 0 unspecified atom stereocenters. The lowest BCUT2D eigenvalue weighted by Crippen LogP contribution is -2.29. The Morgan fingerprint density at radius 3 is 2.63 bits per heavy atom. The van der Waals surface area contributed by atoms with E-state index in [0.717, 1.165) is 44.6 Å². The van der Waals surface area contributed by atoms with Crippen LogP contribution < -0.4 is 9.47 Å². The first-order valence-electron chi connectivity index (χ1n) is 8.98. The van der Waals surface area contributed by atoms with Crippen molar-refractivity contribution in [1.29, 1.82) is 0 Å². The Morgan fingerprint density at radius 1 is 1.00 bits per heavy atom. The molecule has 0 saturated heterocycles. The van der Waals surface area contributed by atoms with Crippen molar-refractivity contribution >= 4 is 11.6 Å².